The molecule has 5 nitrogen and oxygen atoms in total. The van der Waals surface area contributed by atoms with Crippen molar-refractivity contribution in [3.8, 4) is 11.5 Å². The van der Waals surface area contributed by atoms with Crippen molar-refractivity contribution in [3.63, 3.8) is 0 Å². The smallest absolute Gasteiger partial charge is 0.394 e. The van der Waals surface area contributed by atoms with Crippen molar-refractivity contribution in [2.45, 2.75) is 6.18 Å². The lowest BCUT2D eigenvalue weighted by molar-refractivity contribution is -0.141. The number of nitrogens with zero attached hydrogens (tertiary/aromatic N) is 3. The molecule has 0 unspecified atom stereocenters. The number of halogens is 3. The standard InChI is InChI=1S/C8H7F3N4O/c1-15-5(7-4(12)3-13-16-7)2-6(14-15)8(9,10)11/h2-3H,12H2,1H3. The Balaban J connectivity index is 2.52. The first-order chi connectivity index (χ1) is 7.39. The highest BCUT2D eigenvalue weighted by Gasteiger charge is 2.35. The molecule has 0 fully saturated rings. The summed E-state index contributed by atoms with van der Waals surface area (Å²) >= 11 is 0. The monoisotopic (exact) mass is 232 g/mol. The first-order valence-electron chi connectivity index (χ1n) is 4.21. The number of nitrogens with two attached hydrogens (primary N) is 1. The lowest BCUT2D eigenvalue weighted by Gasteiger charge is -1.98. The summed E-state index contributed by atoms with van der Waals surface area (Å²) in [7, 11) is 1.37. The molecule has 2 heterocycles. The molecule has 0 aliphatic heterocycles. The van der Waals surface area contributed by atoms with Gasteiger partial charge in [-0.2, -0.15) is 18.3 Å². The van der Waals surface area contributed by atoms with Gasteiger partial charge < -0.3 is 10.3 Å². The highest BCUT2D eigenvalue weighted by molar-refractivity contribution is 5.67. The summed E-state index contributed by atoms with van der Waals surface area (Å²) in [5, 5.41) is 6.72. The number of aromatic nitrogens is 3. The van der Waals surface area contributed by atoms with Gasteiger partial charge in [0, 0.05) is 7.05 Å². The highest BCUT2D eigenvalue weighted by atomic mass is 19.4. The summed E-state index contributed by atoms with van der Waals surface area (Å²) in [6.45, 7) is 0. The van der Waals surface area contributed by atoms with E-state index in [1.807, 2.05) is 0 Å². The summed E-state index contributed by atoms with van der Waals surface area (Å²) < 4.78 is 42.9. The van der Waals surface area contributed by atoms with Gasteiger partial charge in [0.2, 0.25) is 5.76 Å². The minimum atomic E-state index is -4.50. The van der Waals surface area contributed by atoms with Crippen LogP contribution in [0.1, 0.15) is 5.69 Å². The maximum Gasteiger partial charge on any atom is 0.435 e. The molecular formula is C8H7F3N4O. The van der Waals surface area contributed by atoms with Crippen molar-refractivity contribution < 1.29 is 17.7 Å². The molecule has 0 bridgehead atoms. The zero-order valence-corrected chi connectivity index (χ0v) is 8.12. The maximum absolute atomic E-state index is 12.4. The average molecular weight is 232 g/mol. The Morgan fingerprint density at radius 2 is 2.12 bits per heavy atom. The molecule has 0 saturated carbocycles. The first-order valence-corrected chi connectivity index (χ1v) is 4.21. The molecule has 16 heavy (non-hydrogen) atoms. The van der Waals surface area contributed by atoms with Gasteiger partial charge in [-0.15, -0.1) is 0 Å². The molecule has 86 valence electrons. The number of anilines is 1. The third-order valence-electron chi connectivity index (χ3n) is 2.00. The largest absolute Gasteiger partial charge is 0.435 e. The third-order valence-corrected chi connectivity index (χ3v) is 2.00. The SMILES string of the molecule is Cn1nc(C(F)(F)F)cc1-c1oncc1N. The first kappa shape index (κ1) is 10.5. The van der Waals surface area contributed by atoms with Crippen LogP contribution in [0.15, 0.2) is 16.8 Å². The van der Waals surface area contributed by atoms with Crippen molar-refractivity contribution in [1.29, 1.82) is 0 Å². The van der Waals surface area contributed by atoms with Crippen LogP contribution in [0.3, 0.4) is 0 Å². The molecule has 0 atom stereocenters. The van der Waals surface area contributed by atoms with E-state index in [1.54, 1.807) is 0 Å². The number of rotatable bonds is 1. The van der Waals surface area contributed by atoms with E-state index in [-0.39, 0.29) is 17.1 Å². The van der Waals surface area contributed by atoms with Gasteiger partial charge in [-0.05, 0) is 6.07 Å². The highest BCUT2D eigenvalue weighted by Crippen LogP contribution is 2.32. The van der Waals surface area contributed by atoms with Crippen LogP contribution in [0.4, 0.5) is 18.9 Å². The lowest BCUT2D eigenvalue weighted by atomic mass is 10.2. The normalized spacial score (nSPS) is 12.0. The van der Waals surface area contributed by atoms with Gasteiger partial charge in [0.25, 0.3) is 0 Å². The molecule has 8 heteroatoms. The molecule has 0 aliphatic carbocycles. The molecule has 0 aromatic carbocycles. The second kappa shape index (κ2) is 3.26. The summed E-state index contributed by atoms with van der Waals surface area (Å²) in [5.41, 5.74) is 4.77. The topological polar surface area (TPSA) is 69.9 Å². The Morgan fingerprint density at radius 1 is 1.44 bits per heavy atom. The van der Waals surface area contributed by atoms with Gasteiger partial charge in [-0.1, -0.05) is 5.16 Å². The van der Waals surface area contributed by atoms with Crippen LogP contribution < -0.4 is 5.73 Å². The van der Waals surface area contributed by atoms with Gasteiger partial charge in [0.1, 0.15) is 11.4 Å². The summed E-state index contributed by atoms with van der Waals surface area (Å²) in [4.78, 5) is 0. The summed E-state index contributed by atoms with van der Waals surface area (Å²) in [5.74, 6) is 0.0745. The molecule has 0 radical (unpaired) electrons. The Labute approximate surface area is 87.6 Å². The van der Waals surface area contributed by atoms with Crippen molar-refractivity contribution in [1.82, 2.24) is 14.9 Å². The number of hydrogen-bond acceptors (Lipinski definition) is 4. The van der Waals surface area contributed by atoms with Crippen molar-refractivity contribution in [2.24, 2.45) is 7.05 Å². The van der Waals surface area contributed by atoms with Gasteiger partial charge in [0.15, 0.2) is 5.69 Å². The Hall–Kier alpha value is -1.99. The molecular weight excluding hydrogens is 225 g/mol. The third kappa shape index (κ3) is 1.62. The van der Waals surface area contributed by atoms with Gasteiger partial charge in [-0.3, -0.25) is 4.68 Å². The molecule has 2 aromatic rings. The van der Waals surface area contributed by atoms with Crippen LogP contribution in [0.25, 0.3) is 11.5 Å². The van der Waals surface area contributed by atoms with Crippen LogP contribution in [-0.4, -0.2) is 14.9 Å². The van der Waals surface area contributed by atoms with Crippen LogP contribution >= 0.6 is 0 Å². The van der Waals surface area contributed by atoms with E-state index in [4.69, 9.17) is 10.3 Å². The fourth-order valence-corrected chi connectivity index (χ4v) is 1.26. The van der Waals surface area contributed by atoms with E-state index in [1.165, 1.54) is 13.2 Å². The van der Waals surface area contributed by atoms with Gasteiger partial charge in [-0.25, -0.2) is 0 Å². The molecule has 2 rings (SSSR count). The Bertz CT molecular complexity index is 514. The lowest BCUT2D eigenvalue weighted by Crippen LogP contribution is -2.06. The summed E-state index contributed by atoms with van der Waals surface area (Å²) in [6.07, 6.45) is -3.28. The van der Waals surface area contributed by atoms with E-state index >= 15 is 0 Å². The zero-order chi connectivity index (χ0) is 11.9. The zero-order valence-electron chi connectivity index (χ0n) is 8.12. The van der Waals surface area contributed by atoms with Crippen molar-refractivity contribution in [2.75, 3.05) is 5.73 Å². The number of nitrogen functional groups attached to an aromatic ring is 1. The van der Waals surface area contributed by atoms with E-state index in [2.05, 4.69) is 10.3 Å². The van der Waals surface area contributed by atoms with Crippen LogP contribution in [0.2, 0.25) is 0 Å². The minimum absolute atomic E-state index is 0.0745. The predicted molar refractivity (Wildman–Crippen MR) is 48.1 cm³/mol. The van der Waals surface area contributed by atoms with Crippen molar-refractivity contribution in [3.05, 3.63) is 18.0 Å². The van der Waals surface area contributed by atoms with E-state index in [0.717, 1.165) is 10.7 Å². The number of hydrogen-bond donors (Lipinski definition) is 1. The average Bonchev–Trinajstić information content (AvgIpc) is 2.70. The maximum atomic E-state index is 12.4. The minimum Gasteiger partial charge on any atom is -0.394 e. The van der Waals surface area contributed by atoms with E-state index in [9.17, 15) is 13.2 Å². The van der Waals surface area contributed by atoms with Crippen LogP contribution in [0, 0.1) is 0 Å². The second-order valence-electron chi connectivity index (χ2n) is 3.15. The molecule has 2 aromatic heterocycles. The van der Waals surface area contributed by atoms with E-state index < -0.39 is 11.9 Å². The molecule has 0 spiro atoms. The predicted octanol–water partition coefficient (Wildman–Crippen LogP) is 1.68. The molecule has 2 N–H and O–H groups in total. The quantitative estimate of drug-likeness (QED) is 0.811. The summed E-state index contributed by atoms with van der Waals surface area (Å²) in [6, 6.07) is 0.858. The number of aryl methyl sites for hydroxylation is 1. The van der Waals surface area contributed by atoms with E-state index in [0.29, 0.717) is 0 Å². The fourth-order valence-electron chi connectivity index (χ4n) is 1.26. The van der Waals surface area contributed by atoms with Gasteiger partial charge in [0.05, 0.1) is 6.20 Å². The number of alkyl halides is 3. The Morgan fingerprint density at radius 3 is 2.56 bits per heavy atom. The molecule has 0 saturated heterocycles. The molecule has 0 aliphatic rings. The second-order valence-corrected chi connectivity index (χ2v) is 3.15. The Kier molecular flexibility index (Phi) is 2.14. The fraction of sp³-hybridized carbons (Fsp3) is 0.250. The van der Waals surface area contributed by atoms with Crippen LogP contribution in [0.5, 0.6) is 0 Å². The van der Waals surface area contributed by atoms with Gasteiger partial charge >= 0.3 is 6.18 Å². The van der Waals surface area contributed by atoms with Crippen molar-refractivity contribution >= 4 is 5.69 Å². The molecule has 0 amide bonds. The van der Waals surface area contributed by atoms with Crippen LogP contribution in [-0.2, 0) is 13.2 Å².